The maximum atomic E-state index is 12.8. The van der Waals surface area contributed by atoms with E-state index in [-0.39, 0.29) is 52.2 Å². The lowest BCUT2D eigenvalue weighted by molar-refractivity contribution is -0.125. The first-order valence-electron chi connectivity index (χ1n) is 8.19. The zero-order valence-corrected chi connectivity index (χ0v) is 14.0. The van der Waals surface area contributed by atoms with Gasteiger partial charge in [-0.2, -0.15) is 0 Å². The summed E-state index contributed by atoms with van der Waals surface area (Å²) in [5.41, 5.74) is 0.144. The maximum Gasteiger partial charge on any atom is 0.198 e. The highest BCUT2D eigenvalue weighted by Crippen LogP contribution is 2.46. The van der Waals surface area contributed by atoms with Gasteiger partial charge < -0.3 is 15.3 Å². The van der Waals surface area contributed by atoms with Gasteiger partial charge in [-0.25, -0.2) is 0 Å². The van der Waals surface area contributed by atoms with E-state index in [1.807, 2.05) is 0 Å². The summed E-state index contributed by atoms with van der Waals surface area (Å²) in [5.74, 6) is -2.85. The minimum atomic E-state index is -0.629. The van der Waals surface area contributed by atoms with Crippen molar-refractivity contribution in [2.45, 2.75) is 19.3 Å². The van der Waals surface area contributed by atoms with Gasteiger partial charge in [0, 0.05) is 28.2 Å². The predicted molar refractivity (Wildman–Crippen MR) is 93.5 cm³/mol. The minimum absolute atomic E-state index is 0.00550. The third kappa shape index (κ3) is 2.34. The molecule has 26 heavy (non-hydrogen) atoms. The number of ketones is 3. The first kappa shape index (κ1) is 17.8. The van der Waals surface area contributed by atoms with Crippen LogP contribution in [-0.4, -0.2) is 39.3 Å². The van der Waals surface area contributed by atoms with Crippen molar-refractivity contribution in [1.29, 1.82) is 0 Å². The molecule has 0 fully saturated rings. The first-order valence-corrected chi connectivity index (χ1v) is 8.19. The Kier molecular flexibility index (Phi) is 4.38. The second-order valence-electron chi connectivity index (χ2n) is 6.36. The number of carbonyl (C=O) groups excluding carboxylic acids is 3. The zero-order chi connectivity index (χ0) is 19.2. The number of aliphatic hydroxyl groups excluding tert-OH is 1. The van der Waals surface area contributed by atoms with E-state index in [2.05, 4.69) is 13.2 Å². The van der Waals surface area contributed by atoms with E-state index >= 15 is 0 Å². The molecule has 0 aliphatic heterocycles. The van der Waals surface area contributed by atoms with Gasteiger partial charge in [-0.15, -0.1) is 0 Å². The minimum Gasteiger partial charge on any atom is -0.507 e. The third-order valence-corrected chi connectivity index (χ3v) is 5.11. The average molecular weight is 354 g/mol. The van der Waals surface area contributed by atoms with E-state index in [0.717, 1.165) is 0 Å². The summed E-state index contributed by atoms with van der Waals surface area (Å²) in [5, 5.41) is 30.4. The van der Waals surface area contributed by atoms with Crippen LogP contribution >= 0.6 is 0 Å². The van der Waals surface area contributed by atoms with Crippen LogP contribution in [0.15, 0.2) is 36.5 Å². The summed E-state index contributed by atoms with van der Waals surface area (Å²) in [7, 11) is 0. The lowest BCUT2D eigenvalue weighted by atomic mass is 9.75. The monoisotopic (exact) mass is 354 g/mol. The van der Waals surface area contributed by atoms with E-state index in [4.69, 9.17) is 5.11 Å². The summed E-state index contributed by atoms with van der Waals surface area (Å²) in [6.07, 6.45) is 3.16. The number of Topliss-reactive ketones (excluding diaryl/α,β-unsaturated/α-hetero) is 3. The second-order valence-corrected chi connectivity index (χ2v) is 6.36. The number of hydrogen-bond donors (Lipinski definition) is 3. The van der Waals surface area contributed by atoms with Crippen molar-refractivity contribution in [1.82, 2.24) is 0 Å². The summed E-state index contributed by atoms with van der Waals surface area (Å²) >= 11 is 0. The van der Waals surface area contributed by atoms with Gasteiger partial charge in [0.25, 0.3) is 0 Å². The molecule has 1 atom stereocenters. The lowest BCUT2D eigenvalue weighted by Gasteiger charge is -2.29. The Hall–Kier alpha value is -2.99. The number of phenolic OH excluding ortho intramolecular Hbond substituents is 2. The van der Waals surface area contributed by atoms with Crippen molar-refractivity contribution < 1.29 is 29.7 Å². The quantitative estimate of drug-likeness (QED) is 0.711. The van der Waals surface area contributed by atoms with Crippen LogP contribution in [0.4, 0.5) is 0 Å². The van der Waals surface area contributed by atoms with Crippen LogP contribution in [0, 0.1) is 5.92 Å². The van der Waals surface area contributed by atoms with Crippen LogP contribution in [-0.2, 0) is 17.6 Å². The van der Waals surface area contributed by atoms with E-state index < -0.39 is 29.8 Å². The average Bonchev–Trinajstić information content (AvgIpc) is 2.65. The Morgan fingerprint density at radius 3 is 1.96 bits per heavy atom. The molecule has 1 aromatic carbocycles. The Labute approximate surface area is 149 Å². The lowest BCUT2D eigenvalue weighted by Crippen LogP contribution is -2.27. The number of hydrogen-bond acceptors (Lipinski definition) is 6. The van der Waals surface area contributed by atoms with E-state index in [9.17, 15) is 24.6 Å². The van der Waals surface area contributed by atoms with Crippen LogP contribution in [0.5, 0.6) is 11.5 Å². The molecule has 6 nitrogen and oxygen atoms in total. The first-order chi connectivity index (χ1) is 12.4. The number of aliphatic hydroxyl groups is 1. The molecule has 0 radical (unpaired) electrons. The van der Waals surface area contributed by atoms with Crippen LogP contribution in [0.1, 0.15) is 38.3 Å². The highest BCUT2D eigenvalue weighted by Gasteiger charge is 2.39. The molecule has 6 heteroatoms. The predicted octanol–water partition coefficient (Wildman–Crippen LogP) is 1.81. The number of carbonyl (C=O) groups is 3. The Balaban J connectivity index is 2.26. The molecule has 0 heterocycles. The van der Waals surface area contributed by atoms with Crippen molar-refractivity contribution >= 4 is 17.3 Å². The molecule has 0 saturated heterocycles. The van der Waals surface area contributed by atoms with Gasteiger partial charge in [0.1, 0.15) is 18.1 Å². The fourth-order valence-electron chi connectivity index (χ4n) is 3.75. The molecule has 0 saturated carbocycles. The Bertz CT molecular complexity index is 919. The molecule has 2 aliphatic rings. The summed E-state index contributed by atoms with van der Waals surface area (Å²) in [6.45, 7) is 6.46. The molecule has 3 N–H and O–H groups in total. The van der Waals surface area contributed by atoms with Gasteiger partial charge in [-0.05, 0) is 19.3 Å². The summed E-state index contributed by atoms with van der Waals surface area (Å²) in [6, 6.07) is 0. The number of fused-ring (bicyclic) bond motifs is 2. The number of phenols is 2. The molecule has 0 bridgehead atoms. The van der Waals surface area contributed by atoms with Gasteiger partial charge in [-0.1, -0.05) is 25.3 Å². The molecule has 134 valence electrons. The molecule has 0 spiro atoms. The number of benzene rings is 1. The molecule has 0 amide bonds. The van der Waals surface area contributed by atoms with Crippen LogP contribution in [0.2, 0.25) is 0 Å². The molecule has 0 unspecified atom stereocenters. The number of aromatic hydroxyl groups is 2. The van der Waals surface area contributed by atoms with Crippen LogP contribution in [0.3, 0.4) is 0 Å². The summed E-state index contributed by atoms with van der Waals surface area (Å²) < 4.78 is 0. The van der Waals surface area contributed by atoms with Crippen molar-refractivity contribution in [3.63, 3.8) is 0 Å². The standard InChI is InChI=1S/C20H18O6/c1-3-10-11(4-2)18(24)16-15(17(10)23)19(25)12-6-5-9(14(22)8-21)7-13(12)20(16)26/h3-4,9,21,25-26H,1-2,5-8H2/t9-/m0/s1. The largest absolute Gasteiger partial charge is 0.507 e. The molecular weight excluding hydrogens is 336 g/mol. The maximum absolute atomic E-state index is 12.8. The van der Waals surface area contributed by atoms with Gasteiger partial charge in [0.05, 0.1) is 11.1 Å². The second kappa shape index (κ2) is 6.38. The SMILES string of the molecule is C=CC1=C(C=C)C(=O)c2c(O)c3c(c(O)c2C1=O)CC[C@H](C(=O)CO)C3. The highest BCUT2D eigenvalue weighted by atomic mass is 16.3. The molecule has 3 rings (SSSR count). The van der Waals surface area contributed by atoms with E-state index in [1.54, 1.807) is 0 Å². The van der Waals surface area contributed by atoms with Gasteiger partial charge in [-0.3, -0.25) is 14.4 Å². The van der Waals surface area contributed by atoms with Crippen molar-refractivity contribution in [3.8, 4) is 11.5 Å². The van der Waals surface area contributed by atoms with E-state index in [0.29, 0.717) is 12.0 Å². The molecule has 0 aromatic heterocycles. The Morgan fingerprint density at radius 1 is 1.00 bits per heavy atom. The van der Waals surface area contributed by atoms with Crippen molar-refractivity contribution in [3.05, 3.63) is 58.7 Å². The molecular formula is C20H18O6. The van der Waals surface area contributed by atoms with E-state index in [1.165, 1.54) is 12.2 Å². The van der Waals surface area contributed by atoms with Crippen LogP contribution in [0.25, 0.3) is 0 Å². The van der Waals surface area contributed by atoms with Crippen molar-refractivity contribution in [2.75, 3.05) is 6.61 Å². The molecule has 2 aliphatic carbocycles. The fourth-order valence-corrected chi connectivity index (χ4v) is 3.75. The number of rotatable bonds is 4. The highest BCUT2D eigenvalue weighted by molar-refractivity contribution is 6.31. The fraction of sp³-hybridized carbons (Fsp3) is 0.250. The topological polar surface area (TPSA) is 112 Å². The summed E-state index contributed by atoms with van der Waals surface area (Å²) in [4.78, 5) is 37.4. The van der Waals surface area contributed by atoms with Gasteiger partial charge >= 0.3 is 0 Å². The van der Waals surface area contributed by atoms with Gasteiger partial charge in [0.15, 0.2) is 17.3 Å². The van der Waals surface area contributed by atoms with Crippen molar-refractivity contribution in [2.24, 2.45) is 5.92 Å². The molecule has 1 aromatic rings. The zero-order valence-electron chi connectivity index (χ0n) is 14.0. The Morgan fingerprint density at radius 2 is 1.50 bits per heavy atom. The van der Waals surface area contributed by atoms with Crippen LogP contribution < -0.4 is 0 Å². The normalized spacial score (nSPS) is 19.0. The third-order valence-electron chi connectivity index (χ3n) is 5.11. The smallest absolute Gasteiger partial charge is 0.198 e. The van der Waals surface area contributed by atoms with Gasteiger partial charge in [0.2, 0.25) is 0 Å². The number of allylic oxidation sites excluding steroid dienone is 4.